The van der Waals surface area contributed by atoms with E-state index >= 15 is 0 Å². The number of likely N-dealkylation sites (N-methyl/N-ethyl adjacent to an activating group) is 1. The van der Waals surface area contributed by atoms with Crippen molar-refractivity contribution < 1.29 is 4.79 Å². The highest BCUT2D eigenvalue weighted by Crippen LogP contribution is 2.44. The van der Waals surface area contributed by atoms with Gasteiger partial charge in [-0.25, -0.2) is 0 Å². The molecule has 0 radical (unpaired) electrons. The van der Waals surface area contributed by atoms with Crippen molar-refractivity contribution in [1.29, 1.82) is 0 Å². The summed E-state index contributed by atoms with van der Waals surface area (Å²) in [5, 5.41) is 4.44. The van der Waals surface area contributed by atoms with Gasteiger partial charge >= 0.3 is 0 Å². The van der Waals surface area contributed by atoms with Gasteiger partial charge in [0.25, 0.3) is 0 Å². The Bertz CT molecular complexity index is 720. The molecular weight excluding hydrogens is 274 g/mol. The van der Waals surface area contributed by atoms with Crippen LogP contribution in [-0.2, 0) is 11.2 Å². The first-order valence-electron chi connectivity index (χ1n) is 8.17. The average molecular weight is 297 g/mol. The van der Waals surface area contributed by atoms with Crippen molar-refractivity contribution in [3.63, 3.8) is 0 Å². The molecule has 22 heavy (non-hydrogen) atoms. The Morgan fingerprint density at radius 2 is 2.32 bits per heavy atom. The molecule has 0 saturated carbocycles. The smallest absolute Gasteiger partial charge is 0.216 e. The van der Waals surface area contributed by atoms with Gasteiger partial charge in [0.1, 0.15) is 0 Å². The van der Waals surface area contributed by atoms with Crippen molar-refractivity contribution in [3.05, 3.63) is 35.5 Å². The summed E-state index contributed by atoms with van der Waals surface area (Å²) in [5.41, 5.74) is 4.21. The van der Waals surface area contributed by atoms with E-state index in [9.17, 15) is 4.79 Å². The van der Waals surface area contributed by atoms with E-state index in [0.717, 1.165) is 19.5 Å². The first-order valence-corrected chi connectivity index (χ1v) is 8.17. The van der Waals surface area contributed by atoms with E-state index in [0.29, 0.717) is 17.9 Å². The second kappa shape index (κ2) is 5.13. The molecule has 2 aromatic rings. The molecule has 1 amide bonds. The quantitative estimate of drug-likeness (QED) is 0.893. The van der Waals surface area contributed by atoms with Crippen LogP contribution in [0, 0.1) is 5.92 Å². The van der Waals surface area contributed by atoms with Gasteiger partial charge < -0.3 is 15.2 Å². The number of amides is 1. The number of carbonyl (C=O) groups excluding carboxylic acids is 1. The summed E-state index contributed by atoms with van der Waals surface area (Å²) in [6, 6.07) is 7.22. The van der Waals surface area contributed by atoms with Gasteiger partial charge in [0, 0.05) is 49.1 Å². The van der Waals surface area contributed by atoms with Crippen LogP contribution in [0.15, 0.2) is 24.4 Å². The zero-order valence-electron chi connectivity index (χ0n) is 13.2. The number of nitrogens with zero attached hydrogens (tertiary/aromatic N) is 1. The lowest BCUT2D eigenvalue weighted by molar-refractivity contribution is -0.119. The van der Waals surface area contributed by atoms with Gasteiger partial charge in [-0.05, 0) is 43.0 Å². The minimum absolute atomic E-state index is 0.0726. The maximum Gasteiger partial charge on any atom is 0.216 e. The highest BCUT2D eigenvalue weighted by molar-refractivity contribution is 5.88. The molecule has 1 aromatic carbocycles. The number of piperidine rings is 1. The standard InChI is InChI=1S/C18H23N3O/c1-11(22)19-8-12-6-15-14-4-3-5-16-18(14)13(9-20-16)7-17(15)21(2)10-12/h3-5,9,12,15,17,20H,6-8,10H2,1-2H3,(H,19,22)/t12-,15+,17+/m0/s1. The largest absolute Gasteiger partial charge is 0.361 e. The SMILES string of the molecule is CC(=O)NC[C@@H]1C[C@@H]2c3cccc4[nH]cc(c34)C[C@H]2N(C)C1. The molecule has 4 heteroatoms. The number of fused-ring (bicyclic) bond motifs is 2. The lowest BCUT2D eigenvalue weighted by atomic mass is 9.72. The van der Waals surface area contributed by atoms with Gasteiger partial charge in [0.05, 0.1) is 0 Å². The van der Waals surface area contributed by atoms with E-state index in [1.165, 1.54) is 28.5 Å². The molecular formula is C18H23N3O. The van der Waals surface area contributed by atoms with Crippen LogP contribution in [0.2, 0.25) is 0 Å². The van der Waals surface area contributed by atoms with Gasteiger partial charge in [0.2, 0.25) is 5.91 Å². The molecule has 4 nitrogen and oxygen atoms in total. The molecule has 4 rings (SSSR count). The van der Waals surface area contributed by atoms with Gasteiger partial charge in [-0.2, -0.15) is 0 Å². The predicted octanol–water partition coefficient (Wildman–Crippen LogP) is 2.26. The molecule has 2 N–H and O–H groups in total. The van der Waals surface area contributed by atoms with Crippen LogP contribution in [0.1, 0.15) is 30.4 Å². The highest BCUT2D eigenvalue weighted by Gasteiger charge is 2.39. The Kier molecular flexibility index (Phi) is 3.22. The van der Waals surface area contributed by atoms with Crippen LogP contribution in [0.3, 0.4) is 0 Å². The molecule has 2 heterocycles. The number of aromatic nitrogens is 1. The minimum Gasteiger partial charge on any atom is -0.361 e. The summed E-state index contributed by atoms with van der Waals surface area (Å²) >= 11 is 0. The van der Waals surface area contributed by atoms with Crippen LogP contribution in [0.25, 0.3) is 10.9 Å². The van der Waals surface area contributed by atoms with Crippen LogP contribution in [-0.4, -0.2) is 42.0 Å². The molecule has 1 fully saturated rings. The Morgan fingerprint density at radius 3 is 3.14 bits per heavy atom. The first kappa shape index (κ1) is 13.8. The summed E-state index contributed by atoms with van der Waals surface area (Å²) < 4.78 is 0. The fraction of sp³-hybridized carbons (Fsp3) is 0.500. The van der Waals surface area contributed by atoms with Crippen LogP contribution in [0.5, 0.6) is 0 Å². The monoisotopic (exact) mass is 297 g/mol. The van der Waals surface area contributed by atoms with Gasteiger partial charge in [0.15, 0.2) is 0 Å². The van der Waals surface area contributed by atoms with Gasteiger partial charge in [-0.1, -0.05) is 12.1 Å². The van der Waals surface area contributed by atoms with Gasteiger partial charge in [-0.3, -0.25) is 4.79 Å². The third-order valence-electron chi connectivity index (χ3n) is 5.45. The molecule has 0 bridgehead atoms. The maximum atomic E-state index is 11.2. The number of likely N-dealkylation sites (tertiary alicyclic amines) is 1. The van der Waals surface area contributed by atoms with Crippen LogP contribution >= 0.6 is 0 Å². The molecule has 1 aliphatic carbocycles. The average Bonchev–Trinajstić information content (AvgIpc) is 2.91. The number of benzene rings is 1. The zero-order valence-corrected chi connectivity index (χ0v) is 13.2. The second-order valence-corrected chi connectivity index (χ2v) is 6.94. The number of H-pyrrole nitrogens is 1. The zero-order chi connectivity index (χ0) is 15.3. The maximum absolute atomic E-state index is 11.2. The number of nitrogens with one attached hydrogen (secondary N) is 2. The first-order chi connectivity index (χ1) is 10.6. The third-order valence-corrected chi connectivity index (χ3v) is 5.45. The highest BCUT2D eigenvalue weighted by atomic mass is 16.1. The number of hydrogen-bond donors (Lipinski definition) is 2. The fourth-order valence-electron chi connectivity index (χ4n) is 4.49. The fourth-order valence-corrected chi connectivity index (χ4v) is 4.49. The number of rotatable bonds is 2. The Balaban J connectivity index is 1.67. The Labute approximate surface area is 130 Å². The van der Waals surface area contributed by atoms with Crippen molar-refractivity contribution in [3.8, 4) is 0 Å². The third kappa shape index (κ3) is 2.13. The van der Waals surface area contributed by atoms with Crippen LogP contribution < -0.4 is 5.32 Å². The van der Waals surface area contributed by atoms with E-state index in [4.69, 9.17) is 0 Å². The van der Waals surface area contributed by atoms with E-state index in [1.807, 2.05) is 0 Å². The summed E-state index contributed by atoms with van der Waals surface area (Å²) in [6.07, 6.45) is 4.48. The predicted molar refractivity (Wildman–Crippen MR) is 88.0 cm³/mol. The second-order valence-electron chi connectivity index (χ2n) is 6.94. The van der Waals surface area contributed by atoms with E-state index < -0.39 is 0 Å². The lowest BCUT2D eigenvalue weighted by Crippen LogP contribution is -2.50. The summed E-state index contributed by atoms with van der Waals surface area (Å²) in [7, 11) is 2.23. The molecule has 116 valence electrons. The van der Waals surface area contributed by atoms with Crippen molar-refractivity contribution in [2.75, 3.05) is 20.1 Å². The normalized spacial score (nSPS) is 27.6. The van der Waals surface area contributed by atoms with Crippen molar-refractivity contribution in [2.45, 2.75) is 31.7 Å². The Hall–Kier alpha value is -1.81. The van der Waals surface area contributed by atoms with Crippen molar-refractivity contribution >= 4 is 16.8 Å². The number of carbonyl (C=O) groups is 1. The van der Waals surface area contributed by atoms with Crippen LogP contribution in [0.4, 0.5) is 0 Å². The molecule has 1 aromatic heterocycles. The molecule has 1 saturated heterocycles. The summed E-state index contributed by atoms with van der Waals surface area (Å²) in [5.74, 6) is 1.18. The van der Waals surface area contributed by atoms with E-state index in [2.05, 4.69) is 46.6 Å². The number of hydrogen-bond acceptors (Lipinski definition) is 2. The molecule has 2 aliphatic rings. The number of aromatic amines is 1. The topological polar surface area (TPSA) is 48.1 Å². The summed E-state index contributed by atoms with van der Waals surface area (Å²) in [4.78, 5) is 17.1. The lowest BCUT2D eigenvalue weighted by Gasteiger charge is -2.45. The van der Waals surface area contributed by atoms with E-state index in [1.54, 1.807) is 6.92 Å². The summed E-state index contributed by atoms with van der Waals surface area (Å²) in [6.45, 7) is 3.46. The van der Waals surface area contributed by atoms with Crippen molar-refractivity contribution in [1.82, 2.24) is 15.2 Å². The van der Waals surface area contributed by atoms with Crippen molar-refractivity contribution in [2.24, 2.45) is 5.92 Å². The molecule has 0 spiro atoms. The van der Waals surface area contributed by atoms with E-state index in [-0.39, 0.29) is 5.91 Å². The minimum atomic E-state index is 0.0726. The molecule has 1 aliphatic heterocycles. The molecule has 3 atom stereocenters. The van der Waals surface area contributed by atoms with Gasteiger partial charge in [-0.15, -0.1) is 0 Å². The Morgan fingerprint density at radius 1 is 1.45 bits per heavy atom. The molecule has 0 unspecified atom stereocenters.